The van der Waals surface area contributed by atoms with Crippen molar-refractivity contribution in [3.63, 3.8) is 0 Å². The summed E-state index contributed by atoms with van der Waals surface area (Å²) in [4.78, 5) is 2.02. The van der Waals surface area contributed by atoms with Gasteiger partial charge in [-0.1, -0.05) is 0 Å². The van der Waals surface area contributed by atoms with Gasteiger partial charge in [0.15, 0.2) is 5.83 Å². The third-order valence-electron chi connectivity index (χ3n) is 6.27. The van der Waals surface area contributed by atoms with Crippen LogP contribution in [0.1, 0.15) is 37.3 Å². The normalized spacial score (nSPS) is 31.6. The Labute approximate surface area is 163 Å². The quantitative estimate of drug-likeness (QED) is 0.741. The summed E-state index contributed by atoms with van der Waals surface area (Å²) in [6.45, 7) is 0.753. The van der Waals surface area contributed by atoms with E-state index in [-0.39, 0.29) is 37.3 Å². The molecule has 1 fully saturated rings. The third kappa shape index (κ3) is 3.81. The summed E-state index contributed by atoms with van der Waals surface area (Å²) in [5.41, 5.74) is 6.27. The fourth-order valence-corrected chi connectivity index (χ4v) is 4.79. The molecule has 1 aromatic rings. The van der Waals surface area contributed by atoms with Crippen LogP contribution in [0, 0.1) is 11.8 Å². The van der Waals surface area contributed by atoms with Crippen molar-refractivity contribution in [3.8, 4) is 0 Å². The number of fused-ring (bicyclic) bond motifs is 1. The summed E-state index contributed by atoms with van der Waals surface area (Å²) in [6, 6.07) is -0.411. The lowest BCUT2D eigenvalue weighted by molar-refractivity contribution is -0.148. The molecular formula is C18H21F6N5. The maximum absolute atomic E-state index is 14.2. The van der Waals surface area contributed by atoms with Crippen LogP contribution in [0.2, 0.25) is 0 Å². The molecule has 2 heterocycles. The van der Waals surface area contributed by atoms with Crippen LogP contribution in [0.4, 0.5) is 26.3 Å². The molecule has 0 amide bonds. The monoisotopic (exact) mass is 421 g/mol. The van der Waals surface area contributed by atoms with E-state index in [9.17, 15) is 26.3 Å². The summed E-state index contributed by atoms with van der Waals surface area (Å²) in [6.07, 6.45) is -2.60. The number of alkyl halides is 3. The van der Waals surface area contributed by atoms with Crippen molar-refractivity contribution < 1.29 is 26.3 Å². The summed E-state index contributed by atoms with van der Waals surface area (Å²) in [7, 11) is 0. The molecule has 29 heavy (non-hydrogen) atoms. The minimum absolute atomic E-state index is 0.00814. The number of nitrogens with two attached hydrogens (primary N) is 1. The lowest BCUT2D eigenvalue weighted by Gasteiger charge is -2.43. The first-order valence-corrected chi connectivity index (χ1v) is 9.55. The van der Waals surface area contributed by atoms with E-state index < -0.39 is 41.4 Å². The second kappa shape index (κ2) is 7.42. The van der Waals surface area contributed by atoms with Gasteiger partial charge in [-0.3, -0.25) is 4.90 Å². The molecule has 3 aliphatic rings. The van der Waals surface area contributed by atoms with E-state index in [2.05, 4.69) is 10.2 Å². The zero-order valence-electron chi connectivity index (χ0n) is 15.5. The SMILES string of the molecule is NC1CC(N2CCn3c(nnc3C(F)(F)F)C2)CC[C@@H]1C1CC(F)=C(F)C=C1F. The fraction of sp³-hybridized carbons (Fsp3) is 0.667. The van der Waals surface area contributed by atoms with Crippen molar-refractivity contribution in [2.75, 3.05) is 6.54 Å². The fourth-order valence-electron chi connectivity index (χ4n) is 4.79. The Morgan fingerprint density at radius 1 is 1.07 bits per heavy atom. The van der Waals surface area contributed by atoms with Gasteiger partial charge >= 0.3 is 6.18 Å². The first kappa shape index (κ1) is 20.4. The number of aromatic nitrogens is 3. The molecule has 0 radical (unpaired) electrons. The van der Waals surface area contributed by atoms with E-state index in [1.807, 2.05) is 4.90 Å². The van der Waals surface area contributed by atoms with Gasteiger partial charge < -0.3 is 10.3 Å². The zero-order chi connectivity index (χ0) is 20.9. The van der Waals surface area contributed by atoms with Gasteiger partial charge in [0, 0.05) is 43.6 Å². The molecule has 0 aromatic carbocycles. The zero-order valence-corrected chi connectivity index (χ0v) is 15.5. The van der Waals surface area contributed by atoms with Gasteiger partial charge in [-0.05, 0) is 25.2 Å². The van der Waals surface area contributed by atoms with Crippen LogP contribution < -0.4 is 5.73 Å². The Balaban J connectivity index is 1.41. The van der Waals surface area contributed by atoms with Crippen LogP contribution in [-0.4, -0.2) is 38.3 Å². The molecule has 0 bridgehead atoms. The molecule has 0 spiro atoms. The highest BCUT2D eigenvalue weighted by molar-refractivity contribution is 5.26. The van der Waals surface area contributed by atoms with E-state index in [0.29, 0.717) is 31.9 Å². The number of rotatable bonds is 2. The van der Waals surface area contributed by atoms with E-state index in [1.165, 1.54) is 0 Å². The molecule has 2 N–H and O–H groups in total. The van der Waals surface area contributed by atoms with E-state index in [1.54, 1.807) is 0 Å². The summed E-state index contributed by atoms with van der Waals surface area (Å²) in [5.74, 6) is -4.64. The molecule has 5 nitrogen and oxygen atoms in total. The standard InChI is InChI=1S/C18H21F6N5/c19-12-7-14(21)13(20)6-11(12)10-2-1-9(5-15(10)25)28-3-4-29-16(8-28)26-27-17(29)18(22,23)24/h7,9-11,15H,1-6,8,25H2/t9?,10-,11?,15?/m1/s1. The Morgan fingerprint density at radius 2 is 1.83 bits per heavy atom. The highest BCUT2D eigenvalue weighted by atomic mass is 19.4. The topological polar surface area (TPSA) is 60.0 Å². The Kier molecular flexibility index (Phi) is 5.22. The number of hydrogen-bond acceptors (Lipinski definition) is 4. The van der Waals surface area contributed by atoms with Gasteiger partial charge in [-0.15, -0.1) is 10.2 Å². The minimum atomic E-state index is -4.55. The highest BCUT2D eigenvalue weighted by Gasteiger charge is 2.42. The van der Waals surface area contributed by atoms with Crippen LogP contribution in [0.15, 0.2) is 23.6 Å². The average Bonchev–Trinajstić information content (AvgIpc) is 3.08. The maximum atomic E-state index is 14.2. The lowest BCUT2D eigenvalue weighted by Crippen LogP contribution is -2.50. The highest BCUT2D eigenvalue weighted by Crippen LogP contribution is 2.42. The molecule has 4 rings (SSSR count). The van der Waals surface area contributed by atoms with Crippen LogP contribution in [-0.2, 0) is 19.3 Å². The smallest absolute Gasteiger partial charge is 0.327 e. The third-order valence-corrected chi connectivity index (χ3v) is 6.27. The molecule has 4 atom stereocenters. The van der Waals surface area contributed by atoms with Crippen molar-refractivity contribution in [3.05, 3.63) is 35.2 Å². The predicted molar refractivity (Wildman–Crippen MR) is 91.1 cm³/mol. The first-order valence-electron chi connectivity index (χ1n) is 9.55. The first-order chi connectivity index (χ1) is 13.6. The van der Waals surface area contributed by atoms with E-state index >= 15 is 0 Å². The average molecular weight is 421 g/mol. The van der Waals surface area contributed by atoms with Crippen molar-refractivity contribution in [1.29, 1.82) is 0 Å². The number of nitrogens with zero attached hydrogens (tertiary/aromatic N) is 4. The summed E-state index contributed by atoms with van der Waals surface area (Å²) < 4.78 is 81.1. The van der Waals surface area contributed by atoms with E-state index in [0.717, 1.165) is 4.57 Å². The molecule has 3 unspecified atom stereocenters. The molecular weight excluding hydrogens is 400 g/mol. The Morgan fingerprint density at radius 3 is 2.52 bits per heavy atom. The molecule has 1 saturated carbocycles. The van der Waals surface area contributed by atoms with Gasteiger partial charge in [-0.2, -0.15) is 13.2 Å². The second-order valence-corrected chi connectivity index (χ2v) is 7.95. The van der Waals surface area contributed by atoms with Gasteiger partial charge in [0.1, 0.15) is 17.5 Å². The molecule has 0 saturated heterocycles. The van der Waals surface area contributed by atoms with Gasteiger partial charge in [0.05, 0.1) is 6.54 Å². The van der Waals surface area contributed by atoms with Crippen LogP contribution in [0.3, 0.4) is 0 Å². The summed E-state index contributed by atoms with van der Waals surface area (Å²) in [5, 5.41) is 6.96. The molecule has 1 aliphatic heterocycles. The summed E-state index contributed by atoms with van der Waals surface area (Å²) >= 11 is 0. The van der Waals surface area contributed by atoms with Gasteiger partial charge in [-0.25, -0.2) is 13.2 Å². The van der Waals surface area contributed by atoms with Crippen molar-refractivity contribution in [1.82, 2.24) is 19.7 Å². The lowest BCUT2D eigenvalue weighted by atomic mass is 9.72. The molecule has 160 valence electrons. The van der Waals surface area contributed by atoms with Gasteiger partial charge in [0.2, 0.25) is 5.82 Å². The molecule has 2 aliphatic carbocycles. The van der Waals surface area contributed by atoms with Crippen LogP contribution >= 0.6 is 0 Å². The van der Waals surface area contributed by atoms with Crippen molar-refractivity contribution in [2.45, 2.75) is 57.0 Å². The number of halogens is 6. The molecule has 1 aromatic heterocycles. The largest absolute Gasteiger partial charge is 0.451 e. The number of allylic oxidation sites excluding steroid dienone is 4. The van der Waals surface area contributed by atoms with E-state index in [4.69, 9.17) is 5.73 Å². The second-order valence-electron chi connectivity index (χ2n) is 7.95. The van der Waals surface area contributed by atoms with Crippen molar-refractivity contribution in [2.24, 2.45) is 17.6 Å². The van der Waals surface area contributed by atoms with Crippen molar-refractivity contribution >= 4 is 0 Å². The number of hydrogen-bond donors (Lipinski definition) is 1. The predicted octanol–water partition coefficient (Wildman–Crippen LogP) is 3.63. The maximum Gasteiger partial charge on any atom is 0.451 e. The minimum Gasteiger partial charge on any atom is -0.327 e. The Hall–Kier alpha value is -1.88. The molecule has 11 heteroatoms. The van der Waals surface area contributed by atoms with Crippen LogP contribution in [0.5, 0.6) is 0 Å². The van der Waals surface area contributed by atoms with Crippen LogP contribution in [0.25, 0.3) is 0 Å². The van der Waals surface area contributed by atoms with Gasteiger partial charge in [0.25, 0.3) is 0 Å². The Bertz CT molecular complexity index is 844.